The molecule has 0 aliphatic heterocycles. The summed E-state index contributed by atoms with van der Waals surface area (Å²) in [6, 6.07) is -0.436. The van der Waals surface area contributed by atoms with Crippen LogP contribution in [0.25, 0.3) is 0 Å². The number of amides is 1. The van der Waals surface area contributed by atoms with Crippen LogP contribution in [0.1, 0.15) is 37.6 Å². The van der Waals surface area contributed by atoms with Gasteiger partial charge >= 0.3 is 0 Å². The molecule has 5 heteroatoms. The number of anilines is 1. The van der Waals surface area contributed by atoms with Crippen molar-refractivity contribution >= 4 is 11.6 Å². The fourth-order valence-electron chi connectivity index (χ4n) is 1.51. The van der Waals surface area contributed by atoms with Gasteiger partial charge in [-0.05, 0) is 20.3 Å². The van der Waals surface area contributed by atoms with E-state index in [9.17, 15) is 4.79 Å². The van der Waals surface area contributed by atoms with Gasteiger partial charge in [0.1, 0.15) is 0 Å². The molecular formula is C11H20N4O. The van der Waals surface area contributed by atoms with Gasteiger partial charge in [0.05, 0.1) is 23.1 Å². The van der Waals surface area contributed by atoms with Gasteiger partial charge in [0.15, 0.2) is 0 Å². The molecule has 0 radical (unpaired) electrons. The van der Waals surface area contributed by atoms with E-state index in [-0.39, 0.29) is 5.91 Å². The molecule has 0 saturated heterocycles. The Morgan fingerprint density at radius 1 is 1.56 bits per heavy atom. The SMILES string of the molecule is CCCC[C@H](N)C(=O)Nc1c(C)n[nH]c1C. The van der Waals surface area contributed by atoms with Crippen LogP contribution in [0.15, 0.2) is 0 Å². The summed E-state index contributed by atoms with van der Waals surface area (Å²) in [6.07, 6.45) is 2.74. The zero-order valence-electron chi connectivity index (χ0n) is 10.1. The summed E-state index contributed by atoms with van der Waals surface area (Å²) in [4.78, 5) is 11.7. The maximum absolute atomic E-state index is 11.7. The third-order valence-corrected chi connectivity index (χ3v) is 2.58. The second kappa shape index (κ2) is 5.65. The Balaban J connectivity index is 2.57. The van der Waals surface area contributed by atoms with Crippen LogP contribution in [0.5, 0.6) is 0 Å². The van der Waals surface area contributed by atoms with Crippen LogP contribution in [0, 0.1) is 13.8 Å². The van der Waals surface area contributed by atoms with Crippen molar-refractivity contribution < 1.29 is 4.79 Å². The van der Waals surface area contributed by atoms with Crippen molar-refractivity contribution in [3.05, 3.63) is 11.4 Å². The average Bonchev–Trinajstić information content (AvgIpc) is 2.57. The fourth-order valence-corrected chi connectivity index (χ4v) is 1.51. The first-order chi connectivity index (χ1) is 7.56. The summed E-state index contributed by atoms with van der Waals surface area (Å²) in [5, 5.41) is 9.64. The van der Waals surface area contributed by atoms with E-state index in [2.05, 4.69) is 22.4 Å². The van der Waals surface area contributed by atoms with Crippen molar-refractivity contribution in [2.45, 2.75) is 46.1 Å². The lowest BCUT2D eigenvalue weighted by atomic mass is 10.1. The van der Waals surface area contributed by atoms with Crippen LogP contribution in [-0.4, -0.2) is 22.1 Å². The largest absolute Gasteiger partial charge is 0.322 e. The molecule has 0 fully saturated rings. The second-order valence-electron chi connectivity index (χ2n) is 4.05. The Bertz CT molecular complexity index is 339. The predicted molar refractivity (Wildman–Crippen MR) is 64.2 cm³/mol. The van der Waals surface area contributed by atoms with Crippen molar-refractivity contribution in [2.75, 3.05) is 5.32 Å². The highest BCUT2D eigenvalue weighted by Gasteiger charge is 2.16. The first-order valence-corrected chi connectivity index (χ1v) is 5.64. The van der Waals surface area contributed by atoms with Crippen molar-refractivity contribution in [1.29, 1.82) is 0 Å². The third-order valence-electron chi connectivity index (χ3n) is 2.58. The molecule has 0 bridgehead atoms. The topological polar surface area (TPSA) is 83.8 Å². The van der Waals surface area contributed by atoms with Crippen molar-refractivity contribution in [3.8, 4) is 0 Å². The minimum absolute atomic E-state index is 0.138. The number of H-pyrrole nitrogens is 1. The lowest BCUT2D eigenvalue weighted by Gasteiger charge is -2.11. The van der Waals surface area contributed by atoms with Crippen LogP contribution in [-0.2, 0) is 4.79 Å². The minimum atomic E-state index is -0.436. The average molecular weight is 224 g/mol. The van der Waals surface area contributed by atoms with Crippen molar-refractivity contribution in [3.63, 3.8) is 0 Å². The Morgan fingerprint density at radius 2 is 2.25 bits per heavy atom. The zero-order valence-corrected chi connectivity index (χ0v) is 10.1. The van der Waals surface area contributed by atoms with E-state index in [0.29, 0.717) is 0 Å². The van der Waals surface area contributed by atoms with Crippen LogP contribution < -0.4 is 11.1 Å². The number of nitrogens with two attached hydrogens (primary N) is 1. The normalized spacial score (nSPS) is 12.5. The molecule has 0 aliphatic rings. The monoisotopic (exact) mass is 224 g/mol. The summed E-state index contributed by atoms with van der Waals surface area (Å²) in [5.41, 5.74) is 8.17. The Hall–Kier alpha value is -1.36. The van der Waals surface area contributed by atoms with E-state index < -0.39 is 6.04 Å². The van der Waals surface area contributed by atoms with Gasteiger partial charge in [-0.3, -0.25) is 9.89 Å². The van der Waals surface area contributed by atoms with E-state index in [0.717, 1.165) is 36.3 Å². The number of carbonyl (C=O) groups is 1. The number of carbonyl (C=O) groups excluding carboxylic acids is 1. The first kappa shape index (κ1) is 12.7. The van der Waals surface area contributed by atoms with Crippen molar-refractivity contribution in [1.82, 2.24) is 10.2 Å². The van der Waals surface area contributed by atoms with Crippen LogP contribution in [0.4, 0.5) is 5.69 Å². The number of aryl methyl sites for hydroxylation is 2. The number of nitrogens with zero attached hydrogens (tertiary/aromatic N) is 1. The minimum Gasteiger partial charge on any atom is -0.322 e. The lowest BCUT2D eigenvalue weighted by molar-refractivity contribution is -0.117. The van der Waals surface area contributed by atoms with Gasteiger partial charge < -0.3 is 11.1 Å². The van der Waals surface area contributed by atoms with E-state index in [1.165, 1.54) is 0 Å². The van der Waals surface area contributed by atoms with E-state index in [1.54, 1.807) is 0 Å². The molecule has 16 heavy (non-hydrogen) atoms. The molecule has 1 amide bonds. The Labute approximate surface area is 95.8 Å². The van der Waals surface area contributed by atoms with Crippen LogP contribution >= 0.6 is 0 Å². The van der Waals surface area contributed by atoms with Crippen LogP contribution in [0.2, 0.25) is 0 Å². The number of unbranched alkanes of at least 4 members (excludes halogenated alkanes) is 1. The maximum Gasteiger partial charge on any atom is 0.241 e. The van der Waals surface area contributed by atoms with Gasteiger partial charge in [0.25, 0.3) is 0 Å². The van der Waals surface area contributed by atoms with E-state index >= 15 is 0 Å². The van der Waals surface area contributed by atoms with Gasteiger partial charge in [-0.25, -0.2) is 0 Å². The van der Waals surface area contributed by atoms with Gasteiger partial charge in [-0.15, -0.1) is 0 Å². The number of aromatic nitrogens is 2. The molecule has 1 aromatic heterocycles. The Morgan fingerprint density at radius 3 is 2.75 bits per heavy atom. The molecule has 0 saturated carbocycles. The predicted octanol–water partition coefficient (Wildman–Crippen LogP) is 1.48. The quantitative estimate of drug-likeness (QED) is 0.708. The molecule has 4 N–H and O–H groups in total. The molecule has 1 rings (SSSR count). The summed E-state index contributed by atoms with van der Waals surface area (Å²) in [5.74, 6) is -0.138. The molecule has 0 unspecified atom stereocenters. The van der Waals surface area contributed by atoms with Gasteiger partial charge in [0.2, 0.25) is 5.91 Å². The number of aromatic amines is 1. The number of rotatable bonds is 5. The van der Waals surface area contributed by atoms with E-state index in [4.69, 9.17) is 5.73 Å². The lowest BCUT2D eigenvalue weighted by Crippen LogP contribution is -2.35. The molecule has 0 spiro atoms. The highest BCUT2D eigenvalue weighted by atomic mass is 16.2. The molecule has 1 heterocycles. The first-order valence-electron chi connectivity index (χ1n) is 5.64. The third kappa shape index (κ3) is 3.06. The molecular weight excluding hydrogens is 204 g/mol. The van der Waals surface area contributed by atoms with Crippen LogP contribution in [0.3, 0.4) is 0 Å². The fraction of sp³-hybridized carbons (Fsp3) is 0.636. The van der Waals surface area contributed by atoms with Gasteiger partial charge in [0, 0.05) is 0 Å². The van der Waals surface area contributed by atoms with Gasteiger partial charge in [-0.2, -0.15) is 5.10 Å². The second-order valence-corrected chi connectivity index (χ2v) is 4.05. The highest BCUT2D eigenvalue weighted by molar-refractivity contribution is 5.95. The summed E-state index contributed by atoms with van der Waals surface area (Å²) < 4.78 is 0. The maximum atomic E-state index is 11.7. The molecule has 0 aliphatic carbocycles. The molecule has 1 atom stereocenters. The smallest absolute Gasteiger partial charge is 0.241 e. The number of nitrogens with one attached hydrogen (secondary N) is 2. The number of hydrogen-bond donors (Lipinski definition) is 3. The summed E-state index contributed by atoms with van der Waals surface area (Å²) >= 11 is 0. The number of hydrogen-bond acceptors (Lipinski definition) is 3. The van der Waals surface area contributed by atoms with Gasteiger partial charge in [-0.1, -0.05) is 19.8 Å². The summed E-state index contributed by atoms with van der Waals surface area (Å²) in [7, 11) is 0. The van der Waals surface area contributed by atoms with E-state index in [1.807, 2.05) is 13.8 Å². The zero-order chi connectivity index (χ0) is 12.1. The summed E-state index contributed by atoms with van der Waals surface area (Å²) in [6.45, 7) is 5.79. The molecule has 1 aromatic rings. The molecule has 0 aromatic carbocycles. The highest BCUT2D eigenvalue weighted by Crippen LogP contribution is 2.16. The standard InChI is InChI=1S/C11H20N4O/c1-4-5-6-9(12)11(16)13-10-7(2)14-15-8(10)3/h9H,4-6,12H2,1-3H3,(H,13,16)(H,14,15)/t9-/m0/s1. The Kier molecular flexibility index (Phi) is 4.49. The molecule has 90 valence electrons. The molecule has 5 nitrogen and oxygen atoms in total. The van der Waals surface area contributed by atoms with Crippen molar-refractivity contribution in [2.24, 2.45) is 5.73 Å².